The lowest BCUT2D eigenvalue weighted by atomic mass is 10.1. The first-order chi connectivity index (χ1) is 10.7. The monoisotopic (exact) mass is 306 g/mol. The van der Waals surface area contributed by atoms with Gasteiger partial charge in [-0.05, 0) is 28.0 Å². The van der Waals surface area contributed by atoms with Crippen molar-refractivity contribution in [3.63, 3.8) is 0 Å². The van der Waals surface area contributed by atoms with Crippen molar-refractivity contribution < 1.29 is 0 Å². The molecule has 0 N–H and O–H groups in total. The highest BCUT2D eigenvalue weighted by atomic mass is 35.5. The Labute approximate surface area is 137 Å². The van der Waals surface area contributed by atoms with E-state index < -0.39 is 0 Å². The molecule has 22 heavy (non-hydrogen) atoms. The molecule has 0 saturated heterocycles. The Morgan fingerprint density at radius 2 is 1.41 bits per heavy atom. The van der Waals surface area contributed by atoms with Crippen LogP contribution >= 0.6 is 11.6 Å². The molecule has 0 spiro atoms. The van der Waals surface area contributed by atoms with Gasteiger partial charge in [0.1, 0.15) is 0 Å². The minimum atomic E-state index is -0.0544. The summed E-state index contributed by atoms with van der Waals surface area (Å²) in [5.74, 6) is 0. The normalized spacial score (nSPS) is 11.1. The largest absolute Gasteiger partial charge is 0.113 e. The fourth-order valence-corrected chi connectivity index (χ4v) is 2.25. The Kier molecular flexibility index (Phi) is 6.00. The Morgan fingerprint density at radius 1 is 0.773 bits per heavy atom. The molecular formula is C21H19Cl. The second-order valence-electron chi connectivity index (χ2n) is 4.86. The van der Waals surface area contributed by atoms with Gasteiger partial charge in [0.2, 0.25) is 0 Å². The molecule has 0 saturated carbocycles. The summed E-state index contributed by atoms with van der Waals surface area (Å²) in [6, 6.07) is 24.5. The first-order valence-corrected chi connectivity index (χ1v) is 7.61. The molecule has 1 atom stereocenters. The number of rotatable bonds is 3. The lowest BCUT2D eigenvalue weighted by molar-refractivity contribution is 1.22. The summed E-state index contributed by atoms with van der Waals surface area (Å²) < 4.78 is 0. The van der Waals surface area contributed by atoms with Gasteiger partial charge in [0.25, 0.3) is 0 Å². The molecule has 0 aliphatic rings. The van der Waals surface area contributed by atoms with Crippen LogP contribution < -0.4 is 0 Å². The second-order valence-corrected chi connectivity index (χ2v) is 5.33. The molecule has 0 fully saturated rings. The predicted octanol–water partition coefficient (Wildman–Crippen LogP) is 6.64. The third kappa shape index (κ3) is 4.34. The highest BCUT2D eigenvalue weighted by molar-refractivity contribution is 6.21. The molecule has 0 aromatic heterocycles. The number of benzene rings is 3. The third-order valence-electron chi connectivity index (χ3n) is 3.33. The minimum Gasteiger partial charge on any atom is -0.113 e. The average Bonchev–Trinajstić information content (AvgIpc) is 2.62. The van der Waals surface area contributed by atoms with Crippen molar-refractivity contribution in [1.82, 2.24) is 0 Å². The third-order valence-corrected chi connectivity index (χ3v) is 3.76. The molecule has 0 bridgehead atoms. The van der Waals surface area contributed by atoms with E-state index in [-0.39, 0.29) is 5.38 Å². The van der Waals surface area contributed by atoms with Crippen molar-refractivity contribution in [2.45, 2.75) is 5.38 Å². The molecular weight excluding hydrogens is 288 g/mol. The Hall–Kier alpha value is -2.31. The number of halogens is 1. The summed E-state index contributed by atoms with van der Waals surface area (Å²) >= 11 is 5.87. The summed E-state index contributed by atoms with van der Waals surface area (Å²) in [5, 5.41) is 2.50. The van der Waals surface area contributed by atoms with Gasteiger partial charge in [-0.1, -0.05) is 85.5 Å². The zero-order valence-electron chi connectivity index (χ0n) is 12.5. The maximum atomic E-state index is 5.87. The standard InChI is InChI=1S/C12H10.C9H9Cl/c1-2-10-7-8-11-5-3-4-6-12(11)9-10;1-2-9(10)8-6-4-3-5-7-8/h2-9H,1H2;2-7,9H,1H2. The maximum Gasteiger partial charge on any atom is 0.0763 e. The number of alkyl halides is 1. The van der Waals surface area contributed by atoms with Crippen LogP contribution in [-0.2, 0) is 0 Å². The number of allylic oxidation sites excluding steroid dienone is 1. The fraction of sp³-hybridized carbons (Fsp3) is 0.0476. The quantitative estimate of drug-likeness (QED) is 0.376. The summed E-state index contributed by atoms with van der Waals surface area (Å²) in [6.45, 7) is 7.34. The summed E-state index contributed by atoms with van der Waals surface area (Å²) in [7, 11) is 0. The van der Waals surface area contributed by atoms with Crippen LogP contribution in [0.15, 0.2) is 92.0 Å². The second kappa shape index (κ2) is 8.21. The van der Waals surface area contributed by atoms with Gasteiger partial charge in [-0.2, -0.15) is 0 Å². The number of hydrogen-bond donors (Lipinski definition) is 0. The molecule has 3 aromatic carbocycles. The van der Waals surface area contributed by atoms with Crippen molar-refractivity contribution in [2.75, 3.05) is 0 Å². The van der Waals surface area contributed by atoms with Gasteiger partial charge in [-0.25, -0.2) is 0 Å². The molecule has 3 aromatic rings. The number of fused-ring (bicyclic) bond motifs is 1. The van der Waals surface area contributed by atoms with E-state index >= 15 is 0 Å². The highest BCUT2D eigenvalue weighted by Crippen LogP contribution is 2.19. The van der Waals surface area contributed by atoms with Crippen LogP contribution in [0.3, 0.4) is 0 Å². The lowest BCUT2D eigenvalue weighted by Crippen LogP contribution is -1.82. The predicted molar refractivity (Wildman–Crippen MR) is 99.3 cm³/mol. The molecule has 0 heterocycles. The van der Waals surface area contributed by atoms with Crippen molar-refractivity contribution in [3.05, 3.63) is 103 Å². The molecule has 3 rings (SSSR count). The smallest absolute Gasteiger partial charge is 0.0763 e. The van der Waals surface area contributed by atoms with E-state index in [1.807, 2.05) is 36.4 Å². The van der Waals surface area contributed by atoms with Crippen LogP contribution in [0.1, 0.15) is 16.5 Å². The Morgan fingerprint density at radius 3 is 2.05 bits per heavy atom. The highest BCUT2D eigenvalue weighted by Gasteiger charge is 1.98. The van der Waals surface area contributed by atoms with Gasteiger partial charge >= 0.3 is 0 Å². The molecule has 1 unspecified atom stereocenters. The maximum absolute atomic E-state index is 5.87. The van der Waals surface area contributed by atoms with Gasteiger partial charge < -0.3 is 0 Å². The van der Waals surface area contributed by atoms with E-state index in [4.69, 9.17) is 11.6 Å². The van der Waals surface area contributed by atoms with Crippen molar-refractivity contribution in [2.24, 2.45) is 0 Å². The molecule has 110 valence electrons. The molecule has 0 amide bonds. The van der Waals surface area contributed by atoms with Crippen LogP contribution in [0.5, 0.6) is 0 Å². The van der Waals surface area contributed by atoms with E-state index in [1.54, 1.807) is 6.08 Å². The molecule has 0 aliphatic carbocycles. The van der Waals surface area contributed by atoms with E-state index in [2.05, 4.69) is 55.6 Å². The van der Waals surface area contributed by atoms with Crippen molar-refractivity contribution >= 4 is 28.4 Å². The van der Waals surface area contributed by atoms with Crippen LogP contribution in [-0.4, -0.2) is 0 Å². The first kappa shape index (κ1) is 16.1. The van der Waals surface area contributed by atoms with Crippen LogP contribution in [0.2, 0.25) is 0 Å². The summed E-state index contributed by atoms with van der Waals surface area (Å²) in [6.07, 6.45) is 3.59. The van der Waals surface area contributed by atoms with Gasteiger partial charge in [0, 0.05) is 0 Å². The average molecular weight is 307 g/mol. The number of hydrogen-bond acceptors (Lipinski definition) is 0. The Balaban J connectivity index is 0.000000164. The zero-order valence-corrected chi connectivity index (χ0v) is 13.2. The molecule has 1 heteroatoms. The van der Waals surface area contributed by atoms with Crippen LogP contribution in [0.25, 0.3) is 16.8 Å². The van der Waals surface area contributed by atoms with E-state index in [0.29, 0.717) is 0 Å². The van der Waals surface area contributed by atoms with Crippen molar-refractivity contribution in [1.29, 1.82) is 0 Å². The minimum absolute atomic E-state index is 0.0544. The van der Waals surface area contributed by atoms with Crippen molar-refractivity contribution in [3.8, 4) is 0 Å². The Bertz CT molecular complexity index is 744. The fourth-order valence-electron chi connectivity index (χ4n) is 2.11. The molecule has 0 nitrogen and oxygen atoms in total. The van der Waals surface area contributed by atoms with Crippen LogP contribution in [0.4, 0.5) is 0 Å². The van der Waals surface area contributed by atoms with Gasteiger partial charge in [-0.15, -0.1) is 18.2 Å². The van der Waals surface area contributed by atoms with Gasteiger partial charge in [0.15, 0.2) is 0 Å². The molecule has 0 radical (unpaired) electrons. The van der Waals surface area contributed by atoms with E-state index in [1.165, 1.54) is 16.3 Å². The molecule has 0 aliphatic heterocycles. The zero-order chi connectivity index (χ0) is 15.8. The first-order valence-electron chi connectivity index (χ1n) is 7.17. The van der Waals surface area contributed by atoms with Gasteiger partial charge in [0.05, 0.1) is 5.38 Å². The van der Waals surface area contributed by atoms with E-state index in [9.17, 15) is 0 Å². The summed E-state index contributed by atoms with van der Waals surface area (Å²) in [4.78, 5) is 0. The lowest BCUT2D eigenvalue weighted by Gasteiger charge is -2.01. The topological polar surface area (TPSA) is 0 Å². The summed E-state index contributed by atoms with van der Waals surface area (Å²) in [5.41, 5.74) is 2.27. The van der Waals surface area contributed by atoms with Gasteiger partial charge in [-0.3, -0.25) is 0 Å². The van der Waals surface area contributed by atoms with E-state index in [0.717, 1.165) is 5.56 Å². The SMILES string of the molecule is C=CC(Cl)c1ccccc1.C=Cc1ccc2ccccc2c1. The van der Waals surface area contributed by atoms with Crippen LogP contribution in [0, 0.1) is 0 Å².